The third kappa shape index (κ3) is 4.66. The number of hydrogen-bond donors (Lipinski definition) is 2. The van der Waals surface area contributed by atoms with Crippen molar-refractivity contribution in [2.45, 2.75) is 31.6 Å². The summed E-state index contributed by atoms with van der Waals surface area (Å²) in [5, 5.41) is 12.3. The first-order valence-electron chi connectivity index (χ1n) is 8.14. The molecule has 0 aromatic heterocycles. The molecule has 0 aliphatic rings. The molecule has 2 aromatic carbocycles. The van der Waals surface area contributed by atoms with Crippen molar-refractivity contribution in [3.05, 3.63) is 71.5 Å². The molecule has 0 spiro atoms. The van der Waals surface area contributed by atoms with Crippen LogP contribution >= 0.6 is 0 Å². The smallest absolute Gasteiger partial charge is 0.315 e. The molecule has 2 aromatic rings. The highest BCUT2D eigenvalue weighted by atomic mass is 19.1. The van der Waals surface area contributed by atoms with Crippen molar-refractivity contribution in [1.29, 1.82) is 0 Å². The summed E-state index contributed by atoms with van der Waals surface area (Å²) in [6, 6.07) is 14.9. The zero-order chi connectivity index (χ0) is 18.4. The molecule has 2 atom stereocenters. The van der Waals surface area contributed by atoms with Gasteiger partial charge in [-0.15, -0.1) is 0 Å². The average Bonchev–Trinajstić information content (AvgIpc) is 2.60. The van der Waals surface area contributed by atoms with Crippen molar-refractivity contribution < 1.29 is 19.1 Å². The Kier molecular flexibility index (Phi) is 5.91. The van der Waals surface area contributed by atoms with E-state index in [0.717, 1.165) is 5.56 Å². The van der Waals surface area contributed by atoms with Gasteiger partial charge in [-0.3, -0.25) is 9.59 Å². The van der Waals surface area contributed by atoms with E-state index in [0.29, 0.717) is 5.56 Å². The molecule has 0 fully saturated rings. The lowest BCUT2D eigenvalue weighted by Crippen LogP contribution is -2.44. The predicted molar refractivity (Wildman–Crippen MR) is 93.9 cm³/mol. The second-order valence-corrected chi connectivity index (χ2v) is 6.44. The largest absolute Gasteiger partial charge is 0.481 e. The number of carbonyl (C=O) groups is 2. The first-order valence-corrected chi connectivity index (χ1v) is 8.14. The van der Waals surface area contributed by atoms with Crippen LogP contribution in [0.25, 0.3) is 0 Å². The van der Waals surface area contributed by atoms with Crippen LogP contribution in [0.4, 0.5) is 4.39 Å². The molecule has 0 saturated heterocycles. The van der Waals surface area contributed by atoms with E-state index in [1.807, 2.05) is 13.0 Å². The highest BCUT2D eigenvalue weighted by Crippen LogP contribution is 2.24. The van der Waals surface area contributed by atoms with Crippen LogP contribution in [0.1, 0.15) is 37.3 Å². The summed E-state index contributed by atoms with van der Waals surface area (Å²) in [6.45, 7) is 3.41. The van der Waals surface area contributed by atoms with Crippen molar-refractivity contribution in [3.8, 4) is 0 Å². The van der Waals surface area contributed by atoms with Crippen LogP contribution < -0.4 is 5.32 Å². The molecule has 0 aliphatic carbocycles. The number of carbonyl (C=O) groups excluding carboxylic acids is 1. The molecule has 4 nitrogen and oxygen atoms in total. The molecule has 0 bridgehead atoms. The predicted octanol–water partition coefficient (Wildman–Crippen LogP) is 3.48. The van der Waals surface area contributed by atoms with Gasteiger partial charge in [-0.05, 0) is 36.1 Å². The molecule has 2 N–H and O–H groups in total. The van der Waals surface area contributed by atoms with E-state index in [1.165, 1.54) is 12.1 Å². The lowest BCUT2D eigenvalue weighted by atomic mass is 9.82. The van der Waals surface area contributed by atoms with Crippen molar-refractivity contribution in [1.82, 2.24) is 5.32 Å². The highest BCUT2D eigenvalue weighted by Gasteiger charge is 2.35. The first kappa shape index (κ1) is 18.6. The number of carboxylic acid groups (broad SMARTS) is 1. The topological polar surface area (TPSA) is 66.4 Å². The quantitative estimate of drug-likeness (QED) is 0.809. The fourth-order valence-corrected chi connectivity index (χ4v) is 2.66. The van der Waals surface area contributed by atoms with Gasteiger partial charge < -0.3 is 10.4 Å². The molecule has 2 rings (SSSR count). The van der Waals surface area contributed by atoms with E-state index in [2.05, 4.69) is 5.32 Å². The lowest BCUT2D eigenvalue weighted by Gasteiger charge is -2.26. The molecule has 25 heavy (non-hydrogen) atoms. The number of benzene rings is 2. The number of aliphatic carboxylic acids is 1. The van der Waals surface area contributed by atoms with Gasteiger partial charge in [0.25, 0.3) is 0 Å². The minimum atomic E-state index is -1.21. The molecule has 0 saturated carbocycles. The average molecular weight is 343 g/mol. The zero-order valence-electron chi connectivity index (χ0n) is 14.3. The molecule has 2 unspecified atom stereocenters. The van der Waals surface area contributed by atoms with Crippen molar-refractivity contribution in [3.63, 3.8) is 0 Å². The van der Waals surface area contributed by atoms with Crippen LogP contribution in [0.2, 0.25) is 0 Å². The molecule has 0 aliphatic heterocycles. The Labute approximate surface area is 146 Å². The first-order chi connectivity index (χ1) is 11.8. The van der Waals surface area contributed by atoms with Crippen LogP contribution in [0.5, 0.6) is 0 Å². The van der Waals surface area contributed by atoms with Gasteiger partial charge in [0.05, 0.1) is 0 Å². The fourth-order valence-electron chi connectivity index (χ4n) is 2.66. The zero-order valence-corrected chi connectivity index (χ0v) is 14.3. The number of amides is 1. The minimum Gasteiger partial charge on any atom is -0.481 e. The van der Waals surface area contributed by atoms with Gasteiger partial charge >= 0.3 is 5.97 Å². The van der Waals surface area contributed by atoms with E-state index in [1.54, 1.807) is 43.3 Å². The molecular formula is C20H22FNO3. The van der Waals surface area contributed by atoms with Gasteiger partial charge in [-0.1, -0.05) is 49.4 Å². The molecule has 0 heterocycles. The van der Waals surface area contributed by atoms with Gasteiger partial charge in [0.15, 0.2) is 0 Å². The van der Waals surface area contributed by atoms with E-state index in [4.69, 9.17) is 0 Å². The Balaban J connectivity index is 2.01. The number of nitrogens with one attached hydrogen (secondary N) is 1. The molecule has 5 heteroatoms. The molecule has 1 amide bonds. The second-order valence-electron chi connectivity index (χ2n) is 6.44. The van der Waals surface area contributed by atoms with E-state index in [-0.39, 0.29) is 30.6 Å². The molecule has 0 radical (unpaired) electrons. The van der Waals surface area contributed by atoms with Crippen molar-refractivity contribution in [2.75, 3.05) is 6.54 Å². The summed E-state index contributed by atoms with van der Waals surface area (Å²) < 4.78 is 13.3. The van der Waals surface area contributed by atoms with Crippen molar-refractivity contribution >= 4 is 11.9 Å². The van der Waals surface area contributed by atoms with E-state index < -0.39 is 11.4 Å². The normalized spacial score (nSPS) is 14.4. The Hall–Kier alpha value is -2.69. The maximum Gasteiger partial charge on any atom is 0.315 e. The number of hydrogen-bond acceptors (Lipinski definition) is 2. The Morgan fingerprint density at radius 3 is 2.44 bits per heavy atom. The number of halogens is 1. The highest BCUT2D eigenvalue weighted by molar-refractivity contribution is 5.83. The summed E-state index contributed by atoms with van der Waals surface area (Å²) in [5.74, 6) is -1.77. The maximum atomic E-state index is 13.3. The molecule has 132 valence electrons. The van der Waals surface area contributed by atoms with Crippen LogP contribution in [0, 0.1) is 5.82 Å². The van der Waals surface area contributed by atoms with Gasteiger partial charge in [0.2, 0.25) is 5.91 Å². The van der Waals surface area contributed by atoms with E-state index in [9.17, 15) is 19.1 Å². The van der Waals surface area contributed by atoms with Gasteiger partial charge in [0.1, 0.15) is 11.2 Å². The van der Waals surface area contributed by atoms with Crippen LogP contribution in [0.3, 0.4) is 0 Å². The summed E-state index contributed by atoms with van der Waals surface area (Å²) in [6.07, 6.45) is 0.161. The monoisotopic (exact) mass is 343 g/mol. The third-order valence-corrected chi connectivity index (χ3v) is 4.43. The summed E-state index contributed by atoms with van der Waals surface area (Å²) >= 11 is 0. The lowest BCUT2D eigenvalue weighted by molar-refractivity contribution is -0.143. The third-order valence-electron chi connectivity index (χ3n) is 4.43. The number of rotatable bonds is 7. The fraction of sp³-hybridized carbons (Fsp3) is 0.300. The Morgan fingerprint density at radius 2 is 1.84 bits per heavy atom. The Bertz CT molecular complexity index is 748. The second kappa shape index (κ2) is 7.92. The van der Waals surface area contributed by atoms with Gasteiger partial charge in [-0.2, -0.15) is 0 Å². The summed E-state index contributed by atoms with van der Waals surface area (Å²) in [5.41, 5.74) is 0.152. The van der Waals surface area contributed by atoms with Crippen LogP contribution in [-0.4, -0.2) is 23.5 Å². The van der Waals surface area contributed by atoms with E-state index >= 15 is 0 Å². The SMILES string of the molecule is CC(CC(=O)NCC(C)(C(=O)O)c1ccccc1)c1cccc(F)c1. The van der Waals surface area contributed by atoms with Crippen LogP contribution in [0.15, 0.2) is 54.6 Å². The van der Waals surface area contributed by atoms with Crippen molar-refractivity contribution in [2.24, 2.45) is 0 Å². The Morgan fingerprint density at radius 1 is 1.16 bits per heavy atom. The minimum absolute atomic E-state index is 0.0128. The molecular weight excluding hydrogens is 321 g/mol. The number of carboxylic acids is 1. The maximum absolute atomic E-state index is 13.3. The summed E-state index contributed by atoms with van der Waals surface area (Å²) in [7, 11) is 0. The standard InChI is InChI=1S/C20H22FNO3/c1-14(15-7-6-10-17(21)12-15)11-18(23)22-13-20(2,19(24)25)16-8-4-3-5-9-16/h3-10,12,14H,11,13H2,1-2H3,(H,22,23)(H,24,25). The van der Waals surface area contributed by atoms with Gasteiger partial charge in [-0.25, -0.2) is 4.39 Å². The summed E-state index contributed by atoms with van der Waals surface area (Å²) in [4.78, 5) is 23.9. The van der Waals surface area contributed by atoms with Gasteiger partial charge in [0, 0.05) is 13.0 Å². The van der Waals surface area contributed by atoms with Crippen LogP contribution in [-0.2, 0) is 15.0 Å².